The fourth-order valence-corrected chi connectivity index (χ4v) is 5.40. The Kier molecular flexibility index (Phi) is 9.68. The highest BCUT2D eigenvalue weighted by Gasteiger charge is 2.35. The van der Waals surface area contributed by atoms with Gasteiger partial charge in [-0.1, -0.05) is 24.3 Å². The maximum absolute atomic E-state index is 13.8. The van der Waals surface area contributed by atoms with Gasteiger partial charge in [0.05, 0.1) is 12.8 Å². The molecule has 0 radical (unpaired) electrons. The van der Waals surface area contributed by atoms with Crippen LogP contribution in [0.15, 0.2) is 67.1 Å². The van der Waals surface area contributed by atoms with Crippen molar-refractivity contribution in [3.8, 4) is 0 Å². The number of piperidine rings is 1. The molecule has 238 valence electrons. The maximum Gasteiger partial charge on any atom is 0.421 e. The molecule has 1 aliphatic heterocycles. The van der Waals surface area contributed by atoms with Crippen molar-refractivity contribution in [1.82, 2.24) is 25.3 Å². The lowest BCUT2D eigenvalue weighted by molar-refractivity contribution is -0.137. The van der Waals surface area contributed by atoms with Crippen LogP contribution in [0.5, 0.6) is 0 Å². The van der Waals surface area contributed by atoms with Crippen molar-refractivity contribution < 1.29 is 21.6 Å². The summed E-state index contributed by atoms with van der Waals surface area (Å²) >= 11 is 0. The van der Waals surface area contributed by atoms with E-state index < -0.39 is 27.6 Å². The molecule has 5 rings (SSSR count). The first-order chi connectivity index (χ1) is 21.5. The highest BCUT2D eigenvalue weighted by Crippen LogP contribution is 2.34. The van der Waals surface area contributed by atoms with Gasteiger partial charge < -0.3 is 21.3 Å². The van der Waals surface area contributed by atoms with Crippen LogP contribution < -0.4 is 25.6 Å². The van der Waals surface area contributed by atoms with E-state index in [-0.39, 0.29) is 24.0 Å². The highest BCUT2D eigenvalue weighted by molar-refractivity contribution is 7.92. The number of nitrogens with one attached hydrogen (secondary N) is 4. The molecule has 45 heavy (non-hydrogen) atoms. The molecule has 0 bridgehead atoms. The van der Waals surface area contributed by atoms with Crippen LogP contribution >= 0.6 is 0 Å². The first-order valence-corrected chi connectivity index (χ1v) is 16.1. The second-order valence-corrected chi connectivity index (χ2v) is 12.7. The predicted molar refractivity (Wildman–Crippen MR) is 168 cm³/mol. The minimum Gasteiger partial charge on any atom is -0.381 e. The van der Waals surface area contributed by atoms with E-state index in [4.69, 9.17) is 0 Å². The molecule has 0 saturated carbocycles. The van der Waals surface area contributed by atoms with E-state index in [0.29, 0.717) is 24.3 Å². The minimum absolute atomic E-state index is 0.0164. The van der Waals surface area contributed by atoms with Crippen LogP contribution in [0.2, 0.25) is 0 Å². The first kappa shape index (κ1) is 31.9. The van der Waals surface area contributed by atoms with Crippen molar-refractivity contribution in [2.45, 2.75) is 38.0 Å². The fraction of sp³-hybridized carbons (Fsp3) is 0.333. The first-order valence-electron chi connectivity index (χ1n) is 14.3. The Morgan fingerprint density at radius 3 is 2.49 bits per heavy atom. The zero-order valence-electron chi connectivity index (χ0n) is 24.8. The summed E-state index contributed by atoms with van der Waals surface area (Å²) in [6, 6.07) is 15.9. The smallest absolute Gasteiger partial charge is 0.381 e. The van der Waals surface area contributed by atoms with Gasteiger partial charge in [-0.25, -0.2) is 18.4 Å². The molecule has 0 amide bonds. The number of anilines is 5. The van der Waals surface area contributed by atoms with Gasteiger partial charge in [-0.3, -0.25) is 9.29 Å². The summed E-state index contributed by atoms with van der Waals surface area (Å²) in [5.74, 6) is -0.0546. The summed E-state index contributed by atoms with van der Waals surface area (Å²) in [5.41, 5.74) is 2.99. The van der Waals surface area contributed by atoms with Crippen LogP contribution in [0.1, 0.15) is 41.1 Å². The van der Waals surface area contributed by atoms with Crippen molar-refractivity contribution in [2.24, 2.45) is 0 Å². The van der Waals surface area contributed by atoms with Crippen LogP contribution in [0.4, 0.5) is 42.1 Å². The molecular weight excluding hydrogens is 607 g/mol. The fourth-order valence-electron chi connectivity index (χ4n) is 4.93. The minimum atomic E-state index is -4.74. The van der Waals surface area contributed by atoms with Crippen LogP contribution in [0.3, 0.4) is 0 Å². The van der Waals surface area contributed by atoms with Gasteiger partial charge in [0.2, 0.25) is 16.0 Å². The molecule has 0 spiro atoms. The third kappa shape index (κ3) is 8.36. The quantitative estimate of drug-likeness (QED) is 0.175. The van der Waals surface area contributed by atoms with Gasteiger partial charge in [-0.05, 0) is 60.7 Å². The van der Waals surface area contributed by atoms with Crippen LogP contribution in [-0.4, -0.2) is 54.7 Å². The van der Waals surface area contributed by atoms with E-state index in [0.717, 1.165) is 34.9 Å². The third-order valence-corrected chi connectivity index (χ3v) is 8.59. The van der Waals surface area contributed by atoms with Crippen molar-refractivity contribution in [2.75, 3.05) is 46.6 Å². The summed E-state index contributed by atoms with van der Waals surface area (Å²) in [4.78, 5) is 16.1. The topological polar surface area (TPSA) is 137 Å². The molecule has 4 N–H and O–H groups in total. The molecule has 0 aliphatic carbocycles. The van der Waals surface area contributed by atoms with Gasteiger partial charge in [0.15, 0.2) is 5.82 Å². The molecular formula is C30H34F3N9O2S. The van der Waals surface area contributed by atoms with E-state index in [9.17, 15) is 21.6 Å². The lowest BCUT2D eigenvalue weighted by Crippen LogP contribution is -2.28. The predicted octanol–water partition coefficient (Wildman–Crippen LogP) is 5.12. The molecule has 1 aliphatic rings. The Bertz CT molecular complexity index is 1710. The summed E-state index contributed by atoms with van der Waals surface area (Å²) in [6.07, 6.45) is 1.90. The standard InChI is InChI=1S/C30H34F3N9O2S/c1-42(45(2,43)44)28-26(35-13-14-36-28)19-38-27-25(30(31,32)33)18-39-29(41-27)40-23-10-8-20(9-11-23)16-37-24-7-3-5-21(15-24)22-6-4-12-34-17-22/h3,5,7-11,13-15,18,22,34,37H,4,6,12,16-17,19H2,1-2H3,(H2,38,39,40,41). The number of hydrogen-bond acceptors (Lipinski definition) is 10. The average molecular weight is 642 g/mol. The van der Waals surface area contributed by atoms with Crippen molar-refractivity contribution >= 4 is 39.0 Å². The molecule has 1 fully saturated rings. The van der Waals surface area contributed by atoms with Crippen LogP contribution in [-0.2, 0) is 29.3 Å². The van der Waals surface area contributed by atoms with Gasteiger partial charge in [0.25, 0.3) is 0 Å². The van der Waals surface area contributed by atoms with Crippen LogP contribution in [0, 0.1) is 0 Å². The number of halogens is 3. The number of rotatable bonds is 11. The summed E-state index contributed by atoms with van der Waals surface area (Å²) in [7, 11) is -2.40. The normalized spacial score (nSPS) is 15.4. The van der Waals surface area contributed by atoms with Crippen LogP contribution in [0.25, 0.3) is 0 Å². The zero-order valence-corrected chi connectivity index (χ0v) is 25.6. The number of nitrogens with zero attached hydrogens (tertiary/aromatic N) is 5. The molecule has 1 unspecified atom stereocenters. The van der Waals surface area contributed by atoms with E-state index in [2.05, 4.69) is 59.4 Å². The average Bonchev–Trinajstić information content (AvgIpc) is 3.03. The number of aromatic nitrogens is 4. The lowest BCUT2D eigenvalue weighted by atomic mass is 9.91. The maximum atomic E-state index is 13.8. The Hall–Kier alpha value is -4.50. The summed E-state index contributed by atoms with van der Waals surface area (Å²) in [5, 5.41) is 12.5. The zero-order chi connectivity index (χ0) is 32.0. The highest BCUT2D eigenvalue weighted by atomic mass is 32.2. The monoisotopic (exact) mass is 641 g/mol. The molecule has 2 aromatic heterocycles. The molecule has 11 nitrogen and oxygen atoms in total. The van der Waals surface area contributed by atoms with E-state index in [1.807, 2.05) is 18.2 Å². The van der Waals surface area contributed by atoms with Gasteiger partial charge in [-0.15, -0.1) is 0 Å². The Morgan fingerprint density at radius 1 is 1.00 bits per heavy atom. The number of hydrogen-bond donors (Lipinski definition) is 4. The second-order valence-electron chi connectivity index (χ2n) is 10.7. The third-order valence-electron chi connectivity index (χ3n) is 7.43. The van der Waals surface area contributed by atoms with Crippen molar-refractivity contribution in [3.63, 3.8) is 0 Å². The van der Waals surface area contributed by atoms with E-state index >= 15 is 0 Å². The van der Waals surface area contributed by atoms with Crippen molar-refractivity contribution in [3.05, 3.63) is 89.5 Å². The summed E-state index contributed by atoms with van der Waals surface area (Å²) in [6.45, 7) is 2.38. The molecule has 1 saturated heterocycles. The second kappa shape index (κ2) is 13.6. The Labute approximate surface area is 259 Å². The molecule has 1 atom stereocenters. The number of sulfonamides is 1. The molecule has 4 aromatic rings. The molecule has 2 aromatic carbocycles. The van der Waals surface area contributed by atoms with Gasteiger partial charge in [0.1, 0.15) is 17.1 Å². The molecule has 3 heterocycles. The number of benzene rings is 2. The number of alkyl halides is 3. The van der Waals surface area contributed by atoms with Crippen molar-refractivity contribution in [1.29, 1.82) is 0 Å². The SMILES string of the molecule is CN(c1nccnc1CNc1nc(Nc2ccc(CNc3cccc(C4CCCNC4)c3)cc2)ncc1C(F)(F)F)S(C)(=O)=O. The Morgan fingerprint density at radius 2 is 1.78 bits per heavy atom. The van der Waals surface area contributed by atoms with Gasteiger partial charge in [-0.2, -0.15) is 18.2 Å². The molecule has 15 heteroatoms. The lowest BCUT2D eigenvalue weighted by Gasteiger charge is -2.23. The summed E-state index contributed by atoms with van der Waals surface area (Å²) < 4.78 is 66.3. The van der Waals surface area contributed by atoms with E-state index in [1.165, 1.54) is 37.8 Å². The largest absolute Gasteiger partial charge is 0.421 e. The van der Waals surface area contributed by atoms with E-state index in [1.54, 1.807) is 12.1 Å². The van der Waals surface area contributed by atoms with Gasteiger partial charge >= 0.3 is 6.18 Å². The van der Waals surface area contributed by atoms with Gasteiger partial charge in [0, 0.05) is 50.1 Å². The Balaban J connectivity index is 1.25.